The summed E-state index contributed by atoms with van der Waals surface area (Å²) in [7, 11) is 0. The van der Waals surface area contributed by atoms with Gasteiger partial charge in [-0.3, -0.25) is 0 Å². The van der Waals surface area contributed by atoms with Crippen LogP contribution in [0.3, 0.4) is 0 Å². The molecule has 1 aromatic rings. The molecule has 3 nitrogen and oxygen atoms in total. The third-order valence-corrected chi connectivity index (χ3v) is 2.71. The van der Waals surface area contributed by atoms with Gasteiger partial charge in [-0.15, -0.1) is 0 Å². The van der Waals surface area contributed by atoms with E-state index in [-0.39, 0.29) is 0 Å². The Morgan fingerprint density at radius 2 is 2.31 bits per heavy atom. The van der Waals surface area contributed by atoms with Crippen LogP contribution in [0.25, 0.3) is 0 Å². The molecule has 0 bridgehead atoms. The fraction of sp³-hybridized carbons (Fsp3) is 0.417. The van der Waals surface area contributed by atoms with Gasteiger partial charge >= 0.3 is 0 Å². The van der Waals surface area contributed by atoms with Crippen LogP contribution in [0.2, 0.25) is 0 Å². The molecule has 0 spiro atoms. The van der Waals surface area contributed by atoms with Crippen LogP contribution in [-0.2, 0) is 6.54 Å². The highest BCUT2D eigenvalue weighted by Gasteiger charge is 2.10. The molecular weight excluding hydrogens is 266 g/mol. The Kier molecular flexibility index (Phi) is 4.96. The molecular formula is C12H18BrN3. The summed E-state index contributed by atoms with van der Waals surface area (Å²) in [4.78, 5) is 6.61. The Bertz CT molecular complexity index is 377. The Labute approximate surface area is 105 Å². The highest BCUT2D eigenvalue weighted by molar-refractivity contribution is 9.10. The van der Waals surface area contributed by atoms with E-state index in [2.05, 4.69) is 39.3 Å². The Hall–Kier alpha value is -0.870. The molecule has 0 aliphatic carbocycles. The molecule has 0 aliphatic rings. The summed E-state index contributed by atoms with van der Waals surface area (Å²) in [6.45, 7) is 10.3. The summed E-state index contributed by atoms with van der Waals surface area (Å²) in [6, 6.07) is 2.02. The van der Waals surface area contributed by atoms with Gasteiger partial charge in [0.2, 0.25) is 0 Å². The van der Waals surface area contributed by atoms with E-state index in [1.54, 1.807) is 6.20 Å². The smallest absolute Gasteiger partial charge is 0.133 e. The van der Waals surface area contributed by atoms with E-state index in [9.17, 15) is 0 Å². The van der Waals surface area contributed by atoms with Crippen LogP contribution >= 0.6 is 15.9 Å². The molecule has 1 aromatic heterocycles. The first-order valence-electron chi connectivity index (χ1n) is 5.32. The largest absolute Gasteiger partial charge is 0.353 e. The molecule has 4 heteroatoms. The molecule has 0 unspecified atom stereocenters. The Balaban J connectivity index is 3.03. The van der Waals surface area contributed by atoms with Crippen molar-refractivity contribution in [1.29, 1.82) is 0 Å². The molecule has 1 rings (SSSR count). The van der Waals surface area contributed by atoms with Crippen molar-refractivity contribution in [2.24, 2.45) is 5.73 Å². The SMILES string of the molecule is C=C(C)CN(CC)c1ncc(Br)cc1CN. The lowest BCUT2D eigenvalue weighted by Crippen LogP contribution is -2.27. The molecule has 0 saturated carbocycles. The summed E-state index contributed by atoms with van der Waals surface area (Å²) < 4.78 is 0.961. The van der Waals surface area contributed by atoms with E-state index < -0.39 is 0 Å². The van der Waals surface area contributed by atoms with Crippen LogP contribution in [0.1, 0.15) is 19.4 Å². The lowest BCUT2D eigenvalue weighted by molar-refractivity contribution is 0.842. The van der Waals surface area contributed by atoms with Gasteiger partial charge in [0.05, 0.1) is 0 Å². The average Bonchev–Trinajstić information content (AvgIpc) is 2.25. The van der Waals surface area contributed by atoms with E-state index >= 15 is 0 Å². The third-order valence-electron chi connectivity index (χ3n) is 2.27. The lowest BCUT2D eigenvalue weighted by Gasteiger charge is -2.24. The second-order valence-corrected chi connectivity index (χ2v) is 4.73. The number of hydrogen-bond donors (Lipinski definition) is 1. The molecule has 0 saturated heterocycles. The van der Waals surface area contributed by atoms with Gasteiger partial charge in [-0.25, -0.2) is 4.98 Å². The summed E-state index contributed by atoms with van der Waals surface area (Å²) in [6.07, 6.45) is 1.80. The van der Waals surface area contributed by atoms with Gasteiger partial charge in [0, 0.05) is 35.9 Å². The van der Waals surface area contributed by atoms with Crippen LogP contribution in [0, 0.1) is 0 Å². The molecule has 16 heavy (non-hydrogen) atoms. The van der Waals surface area contributed by atoms with E-state index in [1.807, 2.05) is 13.0 Å². The first-order chi connectivity index (χ1) is 7.58. The number of nitrogens with two attached hydrogens (primary N) is 1. The maximum atomic E-state index is 5.73. The molecule has 0 aromatic carbocycles. The number of pyridine rings is 1. The number of halogens is 1. The molecule has 0 atom stereocenters. The lowest BCUT2D eigenvalue weighted by atomic mass is 10.2. The van der Waals surface area contributed by atoms with Crippen LogP contribution in [0.5, 0.6) is 0 Å². The molecule has 1 heterocycles. The Morgan fingerprint density at radius 1 is 1.62 bits per heavy atom. The monoisotopic (exact) mass is 283 g/mol. The minimum atomic E-state index is 0.495. The predicted octanol–water partition coefficient (Wildman–Crippen LogP) is 2.71. The second kappa shape index (κ2) is 6.01. The maximum Gasteiger partial charge on any atom is 0.133 e. The molecule has 0 fully saturated rings. The van der Waals surface area contributed by atoms with Crippen molar-refractivity contribution in [2.75, 3.05) is 18.0 Å². The fourth-order valence-corrected chi connectivity index (χ4v) is 1.95. The molecule has 0 aliphatic heterocycles. The average molecular weight is 284 g/mol. The number of rotatable bonds is 5. The standard InChI is InChI=1S/C12H18BrN3/c1-4-16(8-9(2)3)12-10(6-14)5-11(13)7-15-12/h5,7H,2,4,6,8,14H2,1,3H3. The number of aromatic nitrogens is 1. The highest BCUT2D eigenvalue weighted by atomic mass is 79.9. The maximum absolute atomic E-state index is 5.73. The van der Waals surface area contributed by atoms with E-state index in [4.69, 9.17) is 5.73 Å². The van der Waals surface area contributed by atoms with Crippen molar-refractivity contribution in [1.82, 2.24) is 4.98 Å². The molecule has 2 N–H and O–H groups in total. The van der Waals surface area contributed by atoms with Crippen molar-refractivity contribution in [3.05, 3.63) is 34.5 Å². The van der Waals surface area contributed by atoms with Crippen molar-refractivity contribution >= 4 is 21.7 Å². The summed E-state index contributed by atoms with van der Waals surface area (Å²) in [5.41, 5.74) is 7.91. The van der Waals surface area contributed by atoms with E-state index in [0.29, 0.717) is 6.54 Å². The first kappa shape index (κ1) is 13.2. The second-order valence-electron chi connectivity index (χ2n) is 3.81. The van der Waals surface area contributed by atoms with Crippen molar-refractivity contribution < 1.29 is 0 Å². The topological polar surface area (TPSA) is 42.2 Å². The van der Waals surface area contributed by atoms with Gasteiger partial charge in [0.15, 0.2) is 0 Å². The minimum absolute atomic E-state index is 0.495. The van der Waals surface area contributed by atoms with Crippen LogP contribution in [0.15, 0.2) is 28.9 Å². The quantitative estimate of drug-likeness (QED) is 0.845. The summed E-state index contributed by atoms with van der Waals surface area (Å²) in [5, 5.41) is 0. The van der Waals surface area contributed by atoms with Crippen molar-refractivity contribution in [3.8, 4) is 0 Å². The predicted molar refractivity (Wildman–Crippen MR) is 72.5 cm³/mol. The number of nitrogens with zero attached hydrogens (tertiary/aromatic N) is 2. The summed E-state index contributed by atoms with van der Waals surface area (Å²) in [5.74, 6) is 0.955. The third kappa shape index (κ3) is 3.32. The van der Waals surface area contributed by atoms with E-state index in [1.165, 1.54) is 0 Å². The normalized spacial score (nSPS) is 10.2. The zero-order valence-electron chi connectivity index (χ0n) is 9.83. The van der Waals surface area contributed by atoms with E-state index in [0.717, 1.165) is 34.5 Å². The zero-order valence-corrected chi connectivity index (χ0v) is 11.4. The van der Waals surface area contributed by atoms with Crippen molar-refractivity contribution in [2.45, 2.75) is 20.4 Å². The molecule has 0 amide bonds. The fourth-order valence-electron chi connectivity index (χ4n) is 1.57. The summed E-state index contributed by atoms with van der Waals surface area (Å²) >= 11 is 3.40. The number of likely N-dealkylation sites (N-methyl/N-ethyl adjacent to an activating group) is 1. The Morgan fingerprint density at radius 3 is 2.81 bits per heavy atom. The van der Waals surface area contributed by atoms with Gasteiger partial charge in [-0.05, 0) is 35.8 Å². The van der Waals surface area contributed by atoms with Gasteiger partial charge < -0.3 is 10.6 Å². The van der Waals surface area contributed by atoms with Crippen LogP contribution in [-0.4, -0.2) is 18.1 Å². The van der Waals surface area contributed by atoms with Gasteiger partial charge in [0.1, 0.15) is 5.82 Å². The van der Waals surface area contributed by atoms with Crippen molar-refractivity contribution in [3.63, 3.8) is 0 Å². The number of hydrogen-bond acceptors (Lipinski definition) is 3. The highest BCUT2D eigenvalue weighted by Crippen LogP contribution is 2.21. The van der Waals surface area contributed by atoms with Crippen LogP contribution < -0.4 is 10.6 Å². The zero-order chi connectivity index (χ0) is 12.1. The van der Waals surface area contributed by atoms with Gasteiger partial charge in [-0.2, -0.15) is 0 Å². The first-order valence-corrected chi connectivity index (χ1v) is 6.11. The molecule has 88 valence electrons. The van der Waals surface area contributed by atoms with Crippen LogP contribution in [0.4, 0.5) is 5.82 Å². The number of anilines is 1. The van der Waals surface area contributed by atoms with Gasteiger partial charge in [0.25, 0.3) is 0 Å². The van der Waals surface area contributed by atoms with Gasteiger partial charge in [-0.1, -0.05) is 12.2 Å². The minimum Gasteiger partial charge on any atom is -0.353 e. The molecule has 0 radical (unpaired) electrons.